The number of aromatic nitrogens is 4. The highest BCUT2D eigenvalue weighted by Gasteiger charge is 2.38. The van der Waals surface area contributed by atoms with E-state index in [-0.39, 0.29) is 18.2 Å². The van der Waals surface area contributed by atoms with Crippen LogP contribution in [0.3, 0.4) is 0 Å². The fourth-order valence-electron chi connectivity index (χ4n) is 3.45. The number of carbonyl (C=O) groups is 2. The number of benzene rings is 1. The second-order valence-electron chi connectivity index (χ2n) is 7.47. The molecule has 1 unspecified atom stereocenters. The van der Waals surface area contributed by atoms with Crippen molar-refractivity contribution in [2.24, 2.45) is 0 Å². The van der Waals surface area contributed by atoms with Gasteiger partial charge in [-0.25, -0.2) is 4.98 Å². The molecule has 0 bridgehead atoms. The number of para-hydroxylation sites is 1. The van der Waals surface area contributed by atoms with E-state index in [2.05, 4.69) is 20.5 Å². The highest BCUT2D eigenvalue weighted by molar-refractivity contribution is 5.92. The van der Waals surface area contributed by atoms with Gasteiger partial charge < -0.3 is 19.2 Å². The Hall–Kier alpha value is -3.49. The van der Waals surface area contributed by atoms with Crippen LogP contribution in [0, 0.1) is 6.92 Å². The average Bonchev–Trinajstić information content (AvgIpc) is 3.43. The van der Waals surface area contributed by atoms with Crippen molar-refractivity contribution in [1.29, 1.82) is 0 Å². The van der Waals surface area contributed by atoms with Crippen LogP contribution in [-0.2, 0) is 11.2 Å². The molecule has 0 radical (unpaired) electrons. The first-order valence-corrected chi connectivity index (χ1v) is 9.41. The molecule has 4 rings (SSSR count). The van der Waals surface area contributed by atoms with Gasteiger partial charge in [-0.15, -0.1) is 10.2 Å². The lowest BCUT2D eigenvalue weighted by atomic mass is 10.0. The molecular weight excluding hydrogens is 372 g/mol. The van der Waals surface area contributed by atoms with Gasteiger partial charge in [-0.1, -0.05) is 18.2 Å². The standard InChI is InChI=1S/C20H22N6O3/c1-14-23-24-17(29-14)10-18(27)25-9-8-20(2,12-25)22-19(28)16-11-26(13-21-16)15-6-4-3-5-7-15/h3-7,11,13H,8-10,12H2,1-2H3,(H,22,28). The van der Waals surface area contributed by atoms with Crippen LogP contribution in [0.25, 0.3) is 5.69 Å². The predicted molar refractivity (Wildman–Crippen MR) is 103 cm³/mol. The Labute approximate surface area is 167 Å². The van der Waals surface area contributed by atoms with Crippen LogP contribution in [-0.4, -0.2) is 55.1 Å². The summed E-state index contributed by atoms with van der Waals surface area (Å²) in [7, 11) is 0. The van der Waals surface area contributed by atoms with Crippen LogP contribution in [0.4, 0.5) is 0 Å². The predicted octanol–water partition coefficient (Wildman–Crippen LogP) is 1.53. The molecule has 3 heterocycles. The summed E-state index contributed by atoms with van der Waals surface area (Å²) in [4.78, 5) is 31.1. The van der Waals surface area contributed by atoms with E-state index in [9.17, 15) is 9.59 Å². The summed E-state index contributed by atoms with van der Waals surface area (Å²) in [6, 6.07) is 9.67. The third-order valence-electron chi connectivity index (χ3n) is 4.98. The minimum Gasteiger partial charge on any atom is -0.425 e. The highest BCUT2D eigenvalue weighted by atomic mass is 16.4. The van der Waals surface area contributed by atoms with E-state index >= 15 is 0 Å². The minimum atomic E-state index is -0.520. The van der Waals surface area contributed by atoms with E-state index in [0.29, 0.717) is 37.0 Å². The molecule has 0 aliphatic carbocycles. The molecule has 1 saturated heterocycles. The molecule has 1 N–H and O–H groups in total. The Balaban J connectivity index is 1.37. The molecule has 29 heavy (non-hydrogen) atoms. The van der Waals surface area contributed by atoms with Crippen molar-refractivity contribution in [3.8, 4) is 5.69 Å². The maximum atomic E-state index is 12.7. The zero-order chi connectivity index (χ0) is 20.4. The number of aryl methyl sites for hydroxylation is 1. The zero-order valence-electron chi connectivity index (χ0n) is 16.3. The van der Waals surface area contributed by atoms with Gasteiger partial charge in [0.05, 0.1) is 5.54 Å². The number of carbonyl (C=O) groups excluding carboxylic acids is 2. The van der Waals surface area contributed by atoms with Crippen molar-refractivity contribution in [3.05, 3.63) is 60.3 Å². The van der Waals surface area contributed by atoms with E-state index < -0.39 is 5.54 Å². The lowest BCUT2D eigenvalue weighted by Gasteiger charge is -2.25. The third kappa shape index (κ3) is 4.18. The van der Waals surface area contributed by atoms with Gasteiger partial charge in [-0.05, 0) is 25.5 Å². The Morgan fingerprint density at radius 1 is 1.24 bits per heavy atom. The molecule has 1 aromatic carbocycles. The summed E-state index contributed by atoms with van der Waals surface area (Å²) in [5.74, 6) is 0.377. The number of amides is 2. The Morgan fingerprint density at radius 3 is 2.76 bits per heavy atom. The third-order valence-corrected chi connectivity index (χ3v) is 4.98. The first kappa shape index (κ1) is 18.9. The Kier molecular flexibility index (Phi) is 4.87. The maximum Gasteiger partial charge on any atom is 0.271 e. The van der Waals surface area contributed by atoms with E-state index in [4.69, 9.17) is 4.42 Å². The molecule has 150 valence electrons. The largest absolute Gasteiger partial charge is 0.425 e. The first-order chi connectivity index (χ1) is 13.9. The first-order valence-electron chi connectivity index (χ1n) is 9.41. The second kappa shape index (κ2) is 7.50. The summed E-state index contributed by atoms with van der Waals surface area (Å²) in [5.41, 5.74) is 0.744. The molecule has 9 heteroatoms. The minimum absolute atomic E-state index is 0.0619. The van der Waals surface area contributed by atoms with Gasteiger partial charge in [0, 0.05) is 31.9 Å². The van der Waals surface area contributed by atoms with Gasteiger partial charge in [-0.2, -0.15) is 0 Å². The van der Waals surface area contributed by atoms with E-state index in [0.717, 1.165) is 5.69 Å². The van der Waals surface area contributed by atoms with Crippen LogP contribution in [0.15, 0.2) is 47.3 Å². The molecule has 1 aliphatic heterocycles. The smallest absolute Gasteiger partial charge is 0.271 e. The molecule has 2 amide bonds. The van der Waals surface area contributed by atoms with Crippen LogP contribution < -0.4 is 5.32 Å². The van der Waals surface area contributed by atoms with Gasteiger partial charge >= 0.3 is 0 Å². The van der Waals surface area contributed by atoms with Gasteiger partial charge in [0.2, 0.25) is 17.7 Å². The van der Waals surface area contributed by atoms with Gasteiger partial charge in [-0.3, -0.25) is 9.59 Å². The molecular formula is C20H22N6O3. The number of rotatable bonds is 5. The summed E-state index contributed by atoms with van der Waals surface area (Å²) in [5, 5.41) is 10.6. The zero-order valence-corrected chi connectivity index (χ0v) is 16.3. The molecule has 1 atom stereocenters. The molecule has 0 spiro atoms. The van der Waals surface area contributed by atoms with Crippen molar-refractivity contribution in [3.63, 3.8) is 0 Å². The van der Waals surface area contributed by atoms with Crippen molar-refractivity contribution >= 4 is 11.8 Å². The summed E-state index contributed by atoms with van der Waals surface area (Å²) < 4.78 is 7.08. The van der Waals surface area contributed by atoms with E-state index in [1.165, 1.54) is 0 Å². The number of imidazole rings is 1. The summed E-state index contributed by atoms with van der Waals surface area (Å²) in [6.07, 6.45) is 4.03. The molecule has 1 fully saturated rings. The molecule has 2 aromatic heterocycles. The number of hydrogen-bond donors (Lipinski definition) is 1. The van der Waals surface area contributed by atoms with Crippen LogP contribution in [0.2, 0.25) is 0 Å². The Bertz CT molecular complexity index is 1030. The quantitative estimate of drug-likeness (QED) is 0.703. The van der Waals surface area contributed by atoms with Crippen molar-refractivity contribution < 1.29 is 14.0 Å². The maximum absolute atomic E-state index is 12.7. The number of hydrogen-bond acceptors (Lipinski definition) is 6. The SMILES string of the molecule is Cc1nnc(CC(=O)N2CCC(C)(NC(=O)c3cn(-c4ccccc4)cn3)C2)o1. The summed E-state index contributed by atoms with van der Waals surface area (Å²) in [6.45, 7) is 4.59. The topological polar surface area (TPSA) is 106 Å². The second-order valence-corrected chi connectivity index (χ2v) is 7.47. The Morgan fingerprint density at radius 2 is 2.03 bits per heavy atom. The van der Waals surface area contributed by atoms with Crippen molar-refractivity contribution in [1.82, 2.24) is 30.0 Å². The molecule has 0 saturated carbocycles. The fourth-order valence-corrected chi connectivity index (χ4v) is 3.45. The molecule has 1 aliphatic rings. The lowest BCUT2D eigenvalue weighted by Crippen LogP contribution is -2.48. The number of nitrogens with one attached hydrogen (secondary N) is 1. The molecule has 3 aromatic rings. The van der Waals surface area contributed by atoms with E-state index in [1.54, 1.807) is 28.9 Å². The number of nitrogens with zero attached hydrogens (tertiary/aromatic N) is 5. The van der Waals surface area contributed by atoms with Gasteiger partial charge in [0.25, 0.3) is 5.91 Å². The van der Waals surface area contributed by atoms with Crippen molar-refractivity contribution in [2.75, 3.05) is 13.1 Å². The lowest BCUT2D eigenvalue weighted by molar-refractivity contribution is -0.130. The van der Waals surface area contributed by atoms with Crippen LogP contribution in [0.1, 0.15) is 35.6 Å². The highest BCUT2D eigenvalue weighted by Crippen LogP contribution is 2.22. The molecule has 9 nitrogen and oxygen atoms in total. The average molecular weight is 394 g/mol. The van der Waals surface area contributed by atoms with E-state index in [1.807, 2.05) is 37.3 Å². The van der Waals surface area contributed by atoms with Crippen LogP contribution in [0.5, 0.6) is 0 Å². The van der Waals surface area contributed by atoms with Gasteiger partial charge in [0.15, 0.2) is 0 Å². The fraction of sp³-hybridized carbons (Fsp3) is 0.350. The normalized spacial score (nSPS) is 18.8. The monoisotopic (exact) mass is 394 g/mol. The van der Waals surface area contributed by atoms with Crippen LogP contribution >= 0.6 is 0 Å². The van der Waals surface area contributed by atoms with Crippen molar-refractivity contribution in [2.45, 2.75) is 32.2 Å². The van der Waals surface area contributed by atoms with Gasteiger partial charge in [0.1, 0.15) is 18.4 Å². The summed E-state index contributed by atoms with van der Waals surface area (Å²) >= 11 is 0. The number of likely N-dealkylation sites (tertiary alicyclic amines) is 1.